The van der Waals surface area contributed by atoms with Gasteiger partial charge >= 0.3 is 11.9 Å². The van der Waals surface area contributed by atoms with E-state index >= 15 is 0 Å². The number of aliphatic imine (C=N–C) groups is 1. The van der Waals surface area contributed by atoms with Gasteiger partial charge in [-0.25, -0.2) is 4.79 Å². The third-order valence-electron chi connectivity index (χ3n) is 9.51. The number of guanidine groups is 1. The minimum Gasteiger partial charge on any atom is -0.481 e. The monoisotopic (exact) mass is 921 g/mol. The lowest BCUT2D eigenvalue weighted by atomic mass is 10.00. The summed E-state index contributed by atoms with van der Waals surface area (Å²) in [7, 11) is 0. The van der Waals surface area contributed by atoms with Crippen molar-refractivity contribution in [3.8, 4) is 0 Å². The van der Waals surface area contributed by atoms with Crippen LogP contribution in [0.25, 0.3) is 0 Å². The zero-order valence-electron chi connectivity index (χ0n) is 37.3. The molecule has 0 aliphatic heterocycles. The molecule has 0 unspecified atom stereocenters. The molecule has 0 fully saturated rings. The van der Waals surface area contributed by atoms with E-state index in [-0.39, 0.29) is 63.4 Å². The number of hydrogen-bond donors (Lipinski definition) is 12. The molecule has 0 spiro atoms. The second-order valence-electron chi connectivity index (χ2n) is 15.9. The highest BCUT2D eigenvalue weighted by molar-refractivity contribution is 7.98. The van der Waals surface area contributed by atoms with E-state index in [0.717, 1.165) is 0 Å². The van der Waals surface area contributed by atoms with E-state index < -0.39 is 108 Å². The molecule has 0 aromatic heterocycles. The fourth-order valence-corrected chi connectivity index (χ4v) is 6.46. The quantitative estimate of drug-likeness (QED) is 0.0227. The van der Waals surface area contributed by atoms with Crippen LogP contribution in [0.5, 0.6) is 0 Å². The first-order valence-corrected chi connectivity index (χ1v) is 22.3. The van der Waals surface area contributed by atoms with E-state index in [9.17, 15) is 48.3 Å². The molecule has 22 nitrogen and oxygen atoms in total. The molecule has 23 heteroatoms. The van der Waals surface area contributed by atoms with Gasteiger partial charge in [-0.15, -0.1) is 0 Å². The second kappa shape index (κ2) is 29.4. The van der Waals surface area contributed by atoms with Crippen molar-refractivity contribution < 1.29 is 53.4 Å². The molecule has 1 rings (SSSR count). The zero-order chi connectivity index (χ0) is 48.5. The summed E-state index contributed by atoms with van der Waals surface area (Å²) in [6.45, 7) is 7.89. The molecule has 0 saturated carbocycles. The van der Waals surface area contributed by atoms with Crippen molar-refractivity contribution in [3.05, 3.63) is 35.9 Å². The molecule has 0 aliphatic carbocycles. The Morgan fingerprint density at radius 3 is 1.83 bits per heavy atom. The lowest BCUT2D eigenvalue weighted by Crippen LogP contribution is -2.60. The number of carbonyl (C=O) groups is 9. The van der Waals surface area contributed by atoms with Crippen molar-refractivity contribution in [2.75, 3.05) is 25.1 Å². The predicted molar refractivity (Wildman–Crippen MR) is 240 cm³/mol. The topological polar surface area (TPSA) is 369 Å². The van der Waals surface area contributed by atoms with Crippen LogP contribution >= 0.6 is 11.8 Å². The first kappa shape index (κ1) is 56.0. The highest BCUT2D eigenvalue weighted by Gasteiger charge is 2.34. The number of carboxylic acid groups (broad SMARTS) is 2. The molecule has 7 amide bonds. The number of benzene rings is 1. The van der Waals surface area contributed by atoms with Gasteiger partial charge in [0, 0.05) is 19.4 Å². The van der Waals surface area contributed by atoms with E-state index in [2.05, 4.69) is 42.2 Å². The van der Waals surface area contributed by atoms with Gasteiger partial charge in [0.2, 0.25) is 41.4 Å². The van der Waals surface area contributed by atoms with Gasteiger partial charge in [0.05, 0.1) is 12.6 Å². The maximum atomic E-state index is 14.0. The van der Waals surface area contributed by atoms with Gasteiger partial charge in [-0.3, -0.25) is 43.3 Å². The van der Waals surface area contributed by atoms with Crippen LogP contribution in [0.3, 0.4) is 0 Å². The van der Waals surface area contributed by atoms with Gasteiger partial charge in [0.1, 0.15) is 36.3 Å². The Balaban J connectivity index is 3.18. The number of carboxylic acids is 2. The number of hydrogen-bond acceptors (Lipinski definition) is 12. The number of aliphatic carboxylic acids is 2. The maximum absolute atomic E-state index is 14.0. The minimum atomic E-state index is -1.33. The van der Waals surface area contributed by atoms with E-state index in [4.69, 9.17) is 22.3 Å². The summed E-state index contributed by atoms with van der Waals surface area (Å²) in [5.74, 6) is -8.02. The minimum absolute atomic E-state index is 0.00721. The average molecular weight is 922 g/mol. The molecule has 0 aliphatic rings. The Hall–Kier alpha value is -5.97. The molecule has 0 saturated heterocycles. The van der Waals surface area contributed by atoms with Crippen LogP contribution in [-0.4, -0.2) is 137 Å². The van der Waals surface area contributed by atoms with Crippen LogP contribution in [-0.2, 0) is 49.6 Å². The summed E-state index contributed by atoms with van der Waals surface area (Å²) in [5.41, 5.74) is 17.0. The molecule has 1 aromatic carbocycles. The van der Waals surface area contributed by atoms with Crippen molar-refractivity contribution in [2.45, 2.75) is 122 Å². The first-order valence-electron chi connectivity index (χ1n) is 20.9. The fourth-order valence-electron chi connectivity index (χ4n) is 5.99. The number of amides is 7. The zero-order valence-corrected chi connectivity index (χ0v) is 38.1. The molecule has 1 aromatic rings. The van der Waals surface area contributed by atoms with E-state index in [0.29, 0.717) is 11.3 Å². The van der Waals surface area contributed by atoms with E-state index in [1.54, 1.807) is 50.4 Å². The van der Waals surface area contributed by atoms with Gasteiger partial charge < -0.3 is 64.6 Å². The van der Waals surface area contributed by atoms with Gasteiger partial charge in [0.15, 0.2) is 5.96 Å². The number of nitrogens with two attached hydrogens (primary N) is 3. The van der Waals surface area contributed by atoms with Crippen LogP contribution in [0.15, 0.2) is 35.3 Å². The highest BCUT2D eigenvalue weighted by Crippen LogP contribution is 2.12. The third-order valence-corrected chi connectivity index (χ3v) is 10.2. The number of nitrogens with one attached hydrogen (secondary N) is 7. The summed E-state index contributed by atoms with van der Waals surface area (Å²) in [4.78, 5) is 120. The normalized spacial score (nSPS) is 14.3. The van der Waals surface area contributed by atoms with Crippen molar-refractivity contribution in [3.63, 3.8) is 0 Å². The molecule has 15 N–H and O–H groups in total. The Morgan fingerprint density at radius 2 is 1.27 bits per heavy atom. The lowest BCUT2D eigenvalue weighted by molar-refractivity contribution is -0.142. The Labute approximate surface area is 377 Å². The van der Waals surface area contributed by atoms with Crippen LogP contribution < -0.4 is 54.4 Å². The van der Waals surface area contributed by atoms with E-state index in [1.165, 1.54) is 18.7 Å². The van der Waals surface area contributed by atoms with Crippen molar-refractivity contribution in [1.82, 2.24) is 37.2 Å². The first-order chi connectivity index (χ1) is 30.0. The lowest BCUT2D eigenvalue weighted by Gasteiger charge is -2.28. The Morgan fingerprint density at radius 1 is 0.688 bits per heavy atom. The largest absolute Gasteiger partial charge is 0.481 e. The van der Waals surface area contributed by atoms with Gasteiger partial charge in [0.25, 0.3) is 0 Å². The van der Waals surface area contributed by atoms with Crippen LogP contribution in [0.2, 0.25) is 0 Å². The Kier molecular flexibility index (Phi) is 25.8. The van der Waals surface area contributed by atoms with Crippen molar-refractivity contribution in [2.24, 2.45) is 34.0 Å². The molecule has 0 heterocycles. The Bertz CT molecular complexity index is 1760. The fraction of sp³-hybridized carbons (Fsp3) is 0.610. The van der Waals surface area contributed by atoms with E-state index in [1.807, 2.05) is 13.8 Å². The van der Waals surface area contributed by atoms with Crippen LogP contribution in [0, 0.1) is 11.8 Å². The molecule has 358 valence electrons. The van der Waals surface area contributed by atoms with Gasteiger partial charge in [-0.05, 0) is 68.4 Å². The number of rotatable bonds is 30. The average Bonchev–Trinajstić information content (AvgIpc) is 3.22. The number of thioether (sulfide) groups is 1. The SMILES string of the molecule is CSCC[C@H](NC(=O)[C@@H](NC(=O)[C@H](C)NC(=O)CNC(=O)[C@@H](N)CCC(=O)O)C(C)C)C(=O)N[C@@H](CC(C)C)C(=O)N[C@@H](Cc1ccccc1)C(=O)N[C@@H](CCCN=C(N)N)C(=O)O. The van der Waals surface area contributed by atoms with Crippen LogP contribution in [0.1, 0.15) is 78.7 Å². The summed E-state index contributed by atoms with van der Waals surface area (Å²) in [6.07, 6.45) is 1.78. The van der Waals surface area contributed by atoms with Crippen molar-refractivity contribution in [1.29, 1.82) is 0 Å². The maximum Gasteiger partial charge on any atom is 0.326 e. The number of nitrogens with zero attached hydrogens (tertiary/aromatic N) is 1. The highest BCUT2D eigenvalue weighted by atomic mass is 32.2. The van der Waals surface area contributed by atoms with Gasteiger partial charge in [-0.1, -0.05) is 58.0 Å². The smallest absolute Gasteiger partial charge is 0.326 e. The molecule has 0 radical (unpaired) electrons. The summed E-state index contributed by atoms with van der Waals surface area (Å²) >= 11 is 1.40. The van der Waals surface area contributed by atoms with Gasteiger partial charge in [-0.2, -0.15) is 11.8 Å². The van der Waals surface area contributed by atoms with Crippen LogP contribution in [0.4, 0.5) is 0 Å². The standard InChI is InChI=1S/C41H67N11O11S/c1-22(2)19-29(37(59)51-30(20-25-11-8-7-9-12-25)38(60)49-28(40(62)63)13-10-17-45-41(43)44)50-36(58)27(16-18-64-6)48-39(61)33(23(3)4)52-34(56)24(5)47-31(53)21-46-35(57)26(42)14-15-32(54)55/h7-9,11-12,22-24,26-30,33H,10,13-21,42H2,1-6H3,(H,46,57)(H,47,53)(H,48,61)(H,49,60)(H,50,58)(H,51,59)(H,52,56)(H,54,55)(H,62,63)(H4,43,44,45)/t24-,26-,27-,28-,29-,30-,33-/m0/s1. The molecule has 7 atom stereocenters. The molecular formula is C41H67N11O11S. The third kappa shape index (κ3) is 22.4. The summed E-state index contributed by atoms with van der Waals surface area (Å²) in [6, 6.07) is 0.246. The predicted octanol–water partition coefficient (Wildman–Crippen LogP) is -1.94. The molecular weight excluding hydrogens is 855 g/mol. The van der Waals surface area contributed by atoms with Crippen molar-refractivity contribution >= 4 is 71.0 Å². The summed E-state index contributed by atoms with van der Waals surface area (Å²) in [5, 5.41) is 36.5. The summed E-state index contributed by atoms with van der Waals surface area (Å²) < 4.78 is 0. The second-order valence-corrected chi connectivity index (χ2v) is 16.9. The molecule has 0 bridgehead atoms. The molecule has 64 heavy (non-hydrogen) atoms. The number of carbonyl (C=O) groups excluding carboxylic acids is 7.